The van der Waals surface area contributed by atoms with Crippen LogP contribution in [0.15, 0.2) is 54.9 Å². The first kappa shape index (κ1) is 26.5. The van der Waals surface area contributed by atoms with E-state index in [-0.39, 0.29) is 11.9 Å². The van der Waals surface area contributed by atoms with Crippen LogP contribution in [-0.2, 0) is 11.3 Å². The molecule has 0 bridgehead atoms. The number of hydrogen-bond donors (Lipinski definition) is 2. The van der Waals surface area contributed by atoms with Gasteiger partial charge in [-0.1, -0.05) is 12.1 Å². The molecule has 0 radical (unpaired) electrons. The summed E-state index contributed by atoms with van der Waals surface area (Å²) in [6.45, 7) is 10.1. The summed E-state index contributed by atoms with van der Waals surface area (Å²) >= 11 is 0. The van der Waals surface area contributed by atoms with Crippen LogP contribution >= 0.6 is 0 Å². The molecule has 1 unspecified atom stereocenters. The molecule has 9 heteroatoms. The van der Waals surface area contributed by atoms with Gasteiger partial charge in [0, 0.05) is 61.9 Å². The van der Waals surface area contributed by atoms with Crippen molar-refractivity contribution in [1.29, 1.82) is 0 Å². The number of amides is 1. The zero-order chi connectivity index (χ0) is 26.6. The van der Waals surface area contributed by atoms with Crippen molar-refractivity contribution >= 4 is 11.9 Å². The summed E-state index contributed by atoms with van der Waals surface area (Å²) < 4.78 is 20.2. The molecule has 3 heterocycles. The van der Waals surface area contributed by atoms with Crippen LogP contribution in [0, 0.1) is 12.7 Å². The highest BCUT2D eigenvalue weighted by atomic mass is 19.1. The molecule has 3 aromatic rings. The quantitative estimate of drug-likeness (QED) is 0.477. The molecule has 0 spiro atoms. The van der Waals surface area contributed by atoms with Gasteiger partial charge < -0.3 is 19.6 Å². The smallest absolute Gasteiger partial charge is 0.410 e. The van der Waals surface area contributed by atoms with Gasteiger partial charge in [-0.2, -0.15) is 0 Å². The Morgan fingerprint density at radius 2 is 1.86 bits per heavy atom. The second-order valence-electron chi connectivity index (χ2n) is 10.2. The van der Waals surface area contributed by atoms with E-state index in [0.717, 1.165) is 22.6 Å². The van der Waals surface area contributed by atoms with Gasteiger partial charge in [0.1, 0.15) is 23.5 Å². The molecule has 2 aromatic heterocycles. The Kier molecular flexibility index (Phi) is 8.04. The Labute approximate surface area is 217 Å². The van der Waals surface area contributed by atoms with Crippen molar-refractivity contribution < 1.29 is 19.0 Å². The van der Waals surface area contributed by atoms with Gasteiger partial charge in [0.25, 0.3) is 0 Å². The lowest BCUT2D eigenvalue weighted by atomic mass is 10.0. The summed E-state index contributed by atoms with van der Waals surface area (Å²) in [6, 6.07) is 12.4. The van der Waals surface area contributed by atoms with Crippen molar-refractivity contribution in [2.45, 2.75) is 46.1 Å². The molecule has 0 saturated carbocycles. The molecular formula is C28H34FN5O3. The molecule has 1 amide bonds. The predicted molar refractivity (Wildman–Crippen MR) is 140 cm³/mol. The number of rotatable bonds is 6. The second kappa shape index (κ2) is 11.2. The van der Waals surface area contributed by atoms with Gasteiger partial charge in [0.15, 0.2) is 0 Å². The average molecular weight is 508 g/mol. The summed E-state index contributed by atoms with van der Waals surface area (Å²) in [5, 5.41) is 13.6. The van der Waals surface area contributed by atoms with Crippen molar-refractivity contribution in [2.75, 3.05) is 31.1 Å². The SMILES string of the molecule is Cc1cc(-c2ccc(CNC(O)c3ccc(N4CCN(C(=O)OC(C)(C)C)CC4)nc3)cc2F)ccn1. The van der Waals surface area contributed by atoms with Crippen molar-refractivity contribution in [3.63, 3.8) is 0 Å². The number of aliphatic hydroxyl groups excluding tert-OH is 1. The summed E-state index contributed by atoms with van der Waals surface area (Å²) in [7, 11) is 0. The molecule has 1 saturated heterocycles. The highest BCUT2D eigenvalue weighted by Crippen LogP contribution is 2.24. The first-order valence-electron chi connectivity index (χ1n) is 12.4. The predicted octanol–water partition coefficient (Wildman–Crippen LogP) is 4.43. The van der Waals surface area contributed by atoms with Crippen LogP contribution in [0.4, 0.5) is 15.0 Å². The fourth-order valence-corrected chi connectivity index (χ4v) is 4.14. The number of carbonyl (C=O) groups excluding carboxylic acids is 1. The lowest BCUT2D eigenvalue weighted by Crippen LogP contribution is -2.50. The number of pyridine rings is 2. The standard InChI is InChI=1S/C28H34FN5O3/c1-19-15-21(9-10-30-19)23-7-5-20(16-24(23)29)17-32-26(35)22-6-8-25(31-18-22)33-11-13-34(14-12-33)27(36)37-28(2,3)4/h5-10,15-16,18,26,32,35H,11-14,17H2,1-4H3. The summed E-state index contributed by atoms with van der Waals surface area (Å²) in [4.78, 5) is 24.7. The lowest BCUT2D eigenvalue weighted by Gasteiger charge is -2.36. The van der Waals surface area contributed by atoms with Gasteiger partial charge in [-0.3, -0.25) is 10.3 Å². The third-order valence-electron chi connectivity index (χ3n) is 6.08. The Hall–Kier alpha value is -3.56. The van der Waals surface area contributed by atoms with Gasteiger partial charge in [0.2, 0.25) is 0 Å². The molecule has 1 aromatic carbocycles. The molecule has 2 N–H and O–H groups in total. The van der Waals surface area contributed by atoms with Crippen molar-refractivity contribution in [2.24, 2.45) is 0 Å². The summed E-state index contributed by atoms with van der Waals surface area (Å²) in [5.74, 6) is 0.459. The lowest BCUT2D eigenvalue weighted by molar-refractivity contribution is 0.0240. The number of aliphatic hydroxyl groups is 1. The Bertz CT molecular complexity index is 1220. The highest BCUT2D eigenvalue weighted by Gasteiger charge is 2.26. The van der Waals surface area contributed by atoms with E-state index in [1.54, 1.807) is 29.4 Å². The number of carbonyl (C=O) groups is 1. The molecule has 0 aliphatic carbocycles. The van der Waals surface area contributed by atoms with Crippen LogP contribution in [-0.4, -0.2) is 57.8 Å². The van der Waals surface area contributed by atoms with E-state index >= 15 is 0 Å². The molecular weight excluding hydrogens is 473 g/mol. The number of aromatic nitrogens is 2. The molecule has 1 fully saturated rings. The van der Waals surface area contributed by atoms with Crippen LogP contribution in [0.1, 0.15) is 43.8 Å². The molecule has 1 aliphatic heterocycles. The fraction of sp³-hybridized carbons (Fsp3) is 0.393. The van der Waals surface area contributed by atoms with Crippen LogP contribution in [0.25, 0.3) is 11.1 Å². The number of ether oxygens (including phenoxy) is 1. The third kappa shape index (κ3) is 7.02. The zero-order valence-corrected chi connectivity index (χ0v) is 21.7. The molecule has 196 valence electrons. The highest BCUT2D eigenvalue weighted by molar-refractivity contribution is 5.68. The minimum atomic E-state index is -0.948. The second-order valence-corrected chi connectivity index (χ2v) is 10.2. The topological polar surface area (TPSA) is 90.8 Å². The van der Waals surface area contributed by atoms with E-state index < -0.39 is 11.8 Å². The molecule has 8 nitrogen and oxygen atoms in total. The first-order valence-corrected chi connectivity index (χ1v) is 12.4. The molecule has 1 atom stereocenters. The van der Waals surface area contributed by atoms with Crippen molar-refractivity contribution in [1.82, 2.24) is 20.2 Å². The normalized spacial score (nSPS) is 15.0. The zero-order valence-electron chi connectivity index (χ0n) is 21.7. The summed E-state index contributed by atoms with van der Waals surface area (Å²) in [6.07, 6.45) is 2.05. The number of piperazine rings is 1. The van der Waals surface area contributed by atoms with Crippen LogP contribution in [0.3, 0.4) is 0 Å². The monoisotopic (exact) mass is 507 g/mol. The maximum Gasteiger partial charge on any atom is 0.410 e. The van der Waals surface area contributed by atoms with Crippen molar-refractivity contribution in [3.8, 4) is 11.1 Å². The largest absolute Gasteiger partial charge is 0.444 e. The van der Waals surface area contributed by atoms with Crippen LogP contribution < -0.4 is 10.2 Å². The fourth-order valence-electron chi connectivity index (χ4n) is 4.14. The third-order valence-corrected chi connectivity index (χ3v) is 6.08. The minimum Gasteiger partial charge on any atom is -0.444 e. The van der Waals surface area contributed by atoms with Crippen LogP contribution in [0.2, 0.25) is 0 Å². The van der Waals surface area contributed by atoms with E-state index in [1.165, 1.54) is 6.07 Å². The van der Waals surface area contributed by atoms with Gasteiger partial charge in [-0.05, 0) is 69.2 Å². The number of halogens is 1. The summed E-state index contributed by atoms with van der Waals surface area (Å²) in [5.41, 5.74) is 2.94. The maximum atomic E-state index is 14.7. The minimum absolute atomic E-state index is 0.294. The number of hydrogen-bond acceptors (Lipinski definition) is 7. The number of benzene rings is 1. The van der Waals surface area contributed by atoms with E-state index in [4.69, 9.17) is 4.74 Å². The Morgan fingerprint density at radius 3 is 2.49 bits per heavy atom. The molecule has 4 rings (SSSR count). The molecule has 37 heavy (non-hydrogen) atoms. The molecule has 1 aliphatic rings. The van der Waals surface area contributed by atoms with E-state index in [9.17, 15) is 14.3 Å². The van der Waals surface area contributed by atoms with Crippen LogP contribution in [0.5, 0.6) is 0 Å². The van der Waals surface area contributed by atoms with E-state index in [0.29, 0.717) is 43.9 Å². The number of nitrogens with zero attached hydrogens (tertiary/aromatic N) is 4. The van der Waals surface area contributed by atoms with E-state index in [1.807, 2.05) is 52.0 Å². The maximum absolute atomic E-state index is 14.7. The number of anilines is 1. The number of nitrogens with one attached hydrogen (secondary N) is 1. The number of aryl methyl sites for hydroxylation is 1. The Morgan fingerprint density at radius 1 is 1.11 bits per heavy atom. The van der Waals surface area contributed by atoms with Crippen molar-refractivity contribution in [3.05, 3.63) is 77.5 Å². The van der Waals surface area contributed by atoms with E-state index in [2.05, 4.69) is 20.2 Å². The van der Waals surface area contributed by atoms with Gasteiger partial charge in [-0.25, -0.2) is 14.2 Å². The average Bonchev–Trinajstić information content (AvgIpc) is 2.86. The van der Waals surface area contributed by atoms with Gasteiger partial charge >= 0.3 is 6.09 Å². The Balaban J connectivity index is 1.29. The first-order chi connectivity index (χ1) is 17.6. The van der Waals surface area contributed by atoms with Gasteiger partial charge in [0.05, 0.1) is 0 Å². The van der Waals surface area contributed by atoms with Gasteiger partial charge in [-0.15, -0.1) is 0 Å².